The van der Waals surface area contributed by atoms with Crippen LogP contribution in [-0.2, 0) is 4.79 Å². The molecule has 0 aliphatic heterocycles. The van der Waals surface area contributed by atoms with E-state index in [-0.39, 0.29) is 5.24 Å². The summed E-state index contributed by atoms with van der Waals surface area (Å²) in [5.74, 6) is 0. The Balaban J connectivity index is 3.96. The quantitative estimate of drug-likeness (QED) is 0.476. The molecule has 0 aliphatic rings. The van der Waals surface area contributed by atoms with E-state index in [4.69, 9.17) is 11.6 Å². The molecular weight excluding hydrogens is 188 g/mol. The minimum Gasteiger partial charge on any atom is -0.326 e. The van der Waals surface area contributed by atoms with Gasteiger partial charge in [0.2, 0.25) is 0 Å². The Morgan fingerprint density at radius 2 is 1.54 bits per heavy atom. The first-order valence-electron chi connectivity index (χ1n) is 4.43. The van der Waals surface area contributed by atoms with Crippen LogP contribution >= 0.6 is 11.6 Å². The molecule has 0 bridgehead atoms. The average molecular weight is 209 g/mol. The van der Waals surface area contributed by atoms with Gasteiger partial charge in [-0.15, -0.1) is 0 Å². The Morgan fingerprint density at radius 1 is 1.08 bits per heavy atom. The zero-order chi connectivity index (χ0) is 10.7. The van der Waals surface area contributed by atoms with E-state index in [1.54, 1.807) is 0 Å². The van der Waals surface area contributed by atoms with Crippen molar-refractivity contribution < 1.29 is 13.8 Å². The predicted octanol–water partition coefficient (Wildman–Crippen LogP) is 0.534. The second kappa shape index (κ2) is 4.40. The Hall–Kier alpha value is -0.120. The second-order valence-electron chi connectivity index (χ2n) is 5.19. The van der Waals surface area contributed by atoms with E-state index in [0.29, 0.717) is 11.0 Å². The van der Waals surface area contributed by atoms with Gasteiger partial charge in [0.15, 0.2) is 6.54 Å². The van der Waals surface area contributed by atoms with Crippen molar-refractivity contribution in [2.24, 2.45) is 0 Å². The van der Waals surface area contributed by atoms with E-state index < -0.39 is 0 Å². The molecule has 0 aliphatic carbocycles. The summed E-state index contributed by atoms with van der Waals surface area (Å²) in [6.45, 7) is 2.40. The predicted molar refractivity (Wildman–Crippen MR) is 55.6 cm³/mol. The van der Waals surface area contributed by atoms with Crippen molar-refractivity contribution in [2.75, 3.05) is 54.9 Å². The third kappa shape index (κ3) is 8.22. The number of likely N-dealkylation sites (N-methyl/N-ethyl adjacent to an activating group) is 2. The molecule has 0 N–H and O–H groups in total. The molecule has 78 valence electrons. The highest BCUT2D eigenvalue weighted by Crippen LogP contribution is 2.01. The van der Waals surface area contributed by atoms with Gasteiger partial charge in [-0.3, -0.25) is 4.79 Å². The van der Waals surface area contributed by atoms with Crippen molar-refractivity contribution in [3.05, 3.63) is 0 Å². The highest BCUT2D eigenvalue weighted by molar-refractivity contribution is 6.63. The Kier molecular flexibility index (Phi) is 4.36. The highest BCUT2D eigenvalue weighted by Gasteiger charge is 2.21. The van der Waals surface area contributed by atoms with Crippen molar-refractivity contribution in [3.8, 4) is 0 Å². The molecule has 0 aromatic carbocycles. The number of halogens is 1. The lowest BCUT2D eigenvalue weighted by molar-refractivity contribution is -0.933. The third-order valence-corrected chi connectivity index (χ3v) is 2.05. The van der Waals surface area contributed by atoms with E-state index in [2.05, 4.69) is 21.1 Å². The molecule has 0 heterocycles. The molecule has 0 fully saturated rings. The maximum atomic E-state index is 10.7. The molecule has 0 atom stereocenters. The number of hydrogen-bond acceptors (Lipinski definition) is 1. The molecule has 0 saturated carbocycles. The molecule has 0 rings (SSSR count). The van der Waals surface area contributed by atoms with Crippen LogP contribution in [0.25, 0.3) is 0 Å². The molecule has 0 aromatic heterocycles. The maximum absolute atomic E-state index is 10.7. The molecule has 0 spiro atoms. The van der Waals surface area contributed by atoms with Crippen molar-refractivity contribution >= 4 is 16.8 Å². The third-order valence-electron chi connectivity index (χ3n) is 1.93. The van der Waals surface area contributed by atoms with Gasteiger partial charge >= 0.3 is 0 Å². The average Bonchev–Trinajstić information content (AvgIpc) is 1.79. The Bertz CT molecular complexity index is 185. The van der Waals surface area contributed by atoms with E-state index >= 15 is 0 Å². The number of rotatable bonds is 5. The summed E-state index contributed by atoms with van der Waals surface area (Å²) in [6, 6.07) is 0. The maximum Gasteiger partial charge on any atom is 0.276 e. The van der Waals surface area contributed by atoms with Crippen LogP contribution in [0.3, 0.4) is 0 Å². The summed E-state index contributed by atoms with van der Waals surface area (Å²) >= 11 is 5.35. The number of quaternary nitrogens is 2. The standard InChI is InChI=1S/C9H21ClN2O/c1-11(2,3)6-7-12(4,5)8-9(10)13/h6-8H2,1-5H3/q+2. The molecule has 0 amide bonds. The minimum absolute atomic E-state index is 0.258. The number of carbonyl (C=O) groups is 1. The van der Waals surface area contributed by atoms with Gasteiger partial charge in [-0.05, 0) is 11.6 Å². The normalized spacial score (nSPS) is 13.1. The van der Waals surface area contributed by atoms with Gasteiger partial charge in [-0.1, -0.05) is 0 Å². The van der Waals surface area contributed by atoms with Crippen LogP contribution in [0.5, 0.6) is 0 Å². The zero-order valence-corrected chi connectivity index (χ0v) is 10.1. The highest BCUT2D eigenvalue weighted by atomic mass is 35.5. The lowest BCUT2D eigenvalue weighted by Crippen LogP contribution is -2.50. The number of nitrogens with zero attached hydrogens (tertiary/aromatic N) is 2. The molecule has 13 heavy (non-hydrogen) atoms. The fourth-order valence-electron chi connectivity index (χ4n) is 0.986. The second-order valence-corrected chi connectivity index (χ2v) is 5.61. The topological polar surface area (TPSA) is 17.1 Å². The molecule has 0 radical (unpaired) electrons. The largest absolute Gasteiger partial charge is 0.326 e. The minimum atomic E-state index is -0.258. The fourth-order valence-corrected chi connectivity index (χ4v) is 1.31. The van der Waals surface area contributed by atoms with Crippen LogP contribution < -0.4 is 0 Å². The van der Waals surface area contributed by atoms with Gasteiger partial charge in [0.1, 0.15) is 13.1 Å². The van der Waals surface area contributed by atoms with Crippen molar-refractivity contribution in [3.63, 3.8) is 0 Å². The SMILES string of the molecule is C[N+](C)(C)CC[N+](C)(C)CC(=O)Cl. The molecule has 0 saturated heterocycles. The van der Waals surface area contributed by atoms with E-state index in [1.807, 2.05) is 14.1 Å². The number of carbonyl (C=O) groups excluding carboxylic acids is 1. The van der Waals surface area contributed by atoms with Gasteiger partial charge < -0.3 is 8.97 Å². The van der Waals surface area contributed by atoms with Crippen LogP contribution in [0, 0.1) is 0 Å². The summed E-state index contributed by atoms with van der Waals surface area (Å²) in [5.41, 5.74) is 0. The summed E-state index contributed by atoms with van der Waals surface area (Å²) < 4.78 is 1.58. The van der Waals surface area contributed by atoms with E-state index in [0.717, 1.165) is 17.6 Å². The molecule has 0 unspecified atom stereocenters. The summed E-state index contributed by atoms with van der Waals surface area (Å²) in [6.07, 6.45) is 0. The first-order chi connectivity index (χ1) is 5.62. The first-order valence-corrected chi connectivity index (χ1v) is 4.81. The van der Waals surface area contributed by atoms with Crippen molar-refractivity contribution in [1.82, 2.24) is 0 Å². The summed E-state index contributed by atoms with van der Waals surface area (Å²) in [4.78, 5) is 10.7. The van der Waals surface area contributed by atoms with Crippen LogP contribution in [0.4, 0.5) is 0 Å². The lowest BCUT2D eigenvalue weighted by atomic mass is 10.4. The van der Waals surface area contributed by atoms with E-state index in [1.165, 1.54) is 0 Å². The lowest BCUT2D eigenvalue weighted by Gasteiger charge is -2.32. The van der Waals surface area contributed by atoms with Gasteiger partial charge in [0, 0.05) is 0 Å². The van der Waals surface area contributed by atoms with E-state index in [9.17, 15) is 4.79 Å². The summed E-state index contributed by atoms with van der Waals surface area (Å²) in [5, 5.41) is -0.258. The Labute approximate surface area is 86.1 Å². The Morgan fingerprint density at radius 3 is 1.85 bits per heavy atom. The van der Waals surface area contributed by atoms with Crippen LogP contribution in [0.1, 0.15) is 0 Å². The molecule has 0 aromatic rings. The molecular formula is C9H21ClN2O+2. The van der Waals surface area contributed by atoms with Crippen LogP contribution in [0.2, 0.25) is 0 Å². The smallest absolute Gasteiger partial charge is 0.276 e. The molecule has 4 heteroatoms. The van der Waals surface area contributed by atoms with Crippen LogP contribution in [0.15, 0.2) is 0 Å². The van der Waals surface area contributed by atoms with Crippen LogP contribution in [-0.4, -0.2) is 69.1 Å². The zero-order valence-electron chi connectivity index (χ0n) is 9.30. The monoisotopic (exact) mass is 208 g/mol. The number of hydrogen-bond donors (Lipinski definition) is 0. The van der Waals surface area contributed by atoms with Gasteiger partial charge in [-0.25, -0.2) is 0 Å². The van der Waals surface area contributed by atoms with Gasteiger partial charge in [0.05, 0.1) is 35.2 Å². The van der Waals surface area contributed by atoms with Crippen molar-refractivity contribution in [2.45, 2.75) is 0 Å². The summed E-state index contributed by atoms with van der Waals surface area (Å²) in [7, 11) is 10.5. The fraction of sp³-hybridized carbons (Fsp3) is 0.889. The van der Waals surface area contributed by atoms with Gasteiger partial charge in [-0.2, -0.15) is 0 Å². The molecule has 3 nitrogen and oxygen atoms in total. The van der Waals surface area contributed by atoms with Crippen molar-refractivity contribution in [1.29, 1.82) is 0 Å². The van der Waals surface area contributed by atoms with Gasteiger partial charge in [0.25, 0.3) is 5.24 Å². The first kappa shape index (κ1) is 12.9.